The van der Waals surface area contributed by atoms with Gasteiger partial charge in [-0.2, -0.15) is 0 Å². The van der Waals surface area contributed by atoms with Gasteiger partial charge in [-0.05, 0) is 36.4 Å². The molecule has 1 aromatic rings. The van der Waals surface area contributed by atoms with Gasteiger partial charge in [0, 0.05) is 0 Å². The van der Waals surface area contributed by atoms with Gasteiger partial charge in [-0.25, -0.2) is 8.78 Å². The van der Waals surface area contributed by atoms with Gasteiger partial charge in [0.25, 0.3) is 0 Å². The van der Waals surface area contributed by atoms with Crippen LogP contribution in [0.15, 0.2) is 12.1 Å². The number of hydrogen-bond donors (Lipinski definition) is 1. The number of hydrogen-bond acceptors (Lipinski definition) is 1. The Labute approximate surface area is 85.9 Å². The Morgan fingerprint density at radius 1 is 1.43 bits per heavy atom. The van der Waals surface area contributed by atoms with Crippen LogP contribution in [0.25, 0.3) is 0 Å². The van der Waals surface area contributed by atoms with Crippen LogP contribution in [0, 0.1) is 17.6 Å². The molecular formula is C10H10ClF2N. The van der Waals surface area contributed by atoms with Gasteiger partial charge in [-0.3, -0.25) is 0 Å². The highest BCUT2D eigenvalue weighted by Crippen LogP contribution is 2.48. The molecule has 1 nitrogen and oxygen atoms in total. The van der Waals surface area contributed by atoms with Crippen LogP contribution in [0.4, 0.5) is 8.78 Å². The molecule has 14 heavy (non-hydrogen) atoms. The maximum absolute atomic E-state index is 13.5. The van der Waals surface area contributed by atoms with Crippen molar-refractivity contribution in [1.29, 1.82) is 0 Å². The smallest absolute Gasteiger partial charge is 0.148 e. The van der Waals surface area contributed by atoms with Crippen LogP contribution in [-0.2, 0) is 0 Å². The molecule has 0 spiro atoms. The Hall–Kier alpha value is -0.670. The number of rotatable bonds is 2. The van der Waals surface area contributed by atoms with Crippen molar-refractivity contribution in [3.63, 3.8) is 0 Å². The fraction of sp³-hybridized carbons (Fsp3) is 0.400. The molecule has 0 heterocycles. The van der Waals surface area contributed by atoms with E-state index in [2.05, 4.69) is 0 Å². The molecule has 2 unspecified atom stereocenters. The van der Waals surface area contributed by atoms with E-state index in [0.717, 1.165) is 6.42 Å². The highest BCUT2D eigenvalue weighted by molar-refractivity contribution is 6.30. The molecule has 0 radical (unpaired) electrons. The normalized spacial score (nSPS) is 25.1. The Morgan fingerprint density at radius 2 is 2.14 bits per heavy atom. The van der Waals surface area contributed by atoms with E-state index in [9.17, 15) is 8.78 Å². The number of halogens is 3. The standard InChI is InChI=1S/C10H10ClF2N/c11-9-8(12)2-1-6(10(9)13)7-3-5(7)4-14/h1-2,5,7H,3-4,14H2. The largest absolute Gasteiger partial charge is 0.330 e. The minimum absolute atomic E-state index is 0.123. The summed E-state index contributed by atoms with van der Waals surface area (Å²) in [6.07, 6.45) is 0.870. The van der Waals surface area contributed by atoms with Gasteiger partial charge in [0.2, 0.25) is 0 Å². The number of nitrogens with two attached hydrogens (primary N) is 1. The summed E-state index contributed by atoms with van der Waals surface area (Å²) in [5.74, 6) is -0.894. The zero-order chi connectivity index (χ0) is 10.3. The molecular weight excluding hydrogens is 208 g/mol. The van der Waals surface area contributed by atoms with Crippen LogP contribution < -0.4 is 5.73 Å². The van der Waals surface area contributed by atoms with Gasteiger partial charge < -0.3 is 5.73 Å². The van der Waals surface area contributed by atoms with Crippen molar-refractivity contribution in [2.24, 2.45) is 11.7 Å². The van der Waals surface area contributed by atoms with Gasteiger partial charge in [-0.15, -0.1) is 0 Å². The van der Waals surface area contributed by atoms with E-state index >= 15 is 0 Å². The van der Waals surface area contributed by atoms with Crippen molar-refractivity contribution < 1.29 is 8.78 Å². The molecule has 0 aromatic heterocycles. The molecule has 2 atom stereocenters. The second kappa shape index (κ2) is 3.48. The van der Waals surface area contributed by atoms with E-state index in [1.54, 1.807) is 0 Å². The Kier molecular flexibility index (Phi) is 2.45. The van der Waals surface area contributed by atoms with Crippen molar-refractivity contribution in [3.8, 4) is 0 Å². The van der Waals surface area contributed by atoms with E-state index < -0.39 is 16.7 Å². The van der Waals surface area contributed by atoms with Gasteiger partial charge in [0.15, 0.2) is 0 Å². The van der Waals surface area contributed by atoms with E-state index in [0.29, 0.717) is 18.0 Å². The maximum Gasteiger partial charge on any atom is 0.148 e. The summed E-state index contributed by atoms with van der Waals surface area (Å²) in [6.45, 7) is 0.541. The monoisotopic (exact) mass is 217 g/mol. The molecule has 0 aliphatic heterocycles. The Morgan fingerprint density at radius 3 is 2.71 bits per heavy atom. The third-order valence-corrected chi connectivity index (χ3v) is 3.04. The highest BCUT2D eigenvalue weighted by atomic mass is 35.5. The van der Waals surface area contributed by atoms with Gasteiger partial charge in [0.1, 0.15) is 16.7 Å². The Bertz CT molecular complexity index is 367. The quantitative estimate of drug-likeness (QED) is 0.758. The van der Waals surface area contributed by atoms with Crippen LogP contribution in [0.2, 0.25) is 5.02 Å². The molecule has 1 saturated carbocycles. The zero-order valence-electron chi connectivity index (χ0n) is 7.43. The first-order valence-corrected chi connectivity index (χ1v) is 4.86. The van der Waals surface area contributed by atoms with Gasteiger partial charge >= 0.3 is 0 Å². The van der Waals surface area contributed by atoms with Crippen LogP contribution >= 0.6 is 11.6 Å². The molecule has 0 saturated heterocycles. The predicted molar refractivity (Wildman–Crippen MR) is 51.3 cm³/mol. The molecule has 1 aliphatic carbocycles. The lowest BCUT2D eigenvalue weighted by atomic mass is 10.1. The van der Waals surface area contributed by atoms with Crippen LogP contribution in [0.5, 0.6) is 0 Å². The average Bonchev–Trinajstić information content (AvgIpc) is 2.94. The van der Waals surface area contributed by atoms with Gasteiger partial charge in [-0.1, -0.05) is 17.7 Å². The van der Waals surface area contributed by atoms with Crippen molar-refractivity contribution in [1.82, 2.24) is 0 Å². The first-order chi connectivity index (χ1) is 6.65. The lowest BCUT2D eigenvalue weighted by Crippen LogP contribution is -2.03. The summed E-state index contributed by atoms with van der Waals surface area (Å²) < 4.78 is 26.3. The highest BCUT2D eigenvalue weighted by Gasteiger charge is 2.39. The lowest BCUT2D eigenvalue weighted by Gasteiger charge is -2.04. The molecule has 1 aromatic carbocycles. The molecule has 2 rings (SSSR count). The molecule has 4 heteroatoms. The van der Waals surface area contributed by atoms with Crippen LogP contribution in [0.1, 0.15) is 17.9 Å². The molecule has 2 N–H and O–H groups in total. The summed E-state index contributed by atoms with van der Waals surface area (Å²) in [6, 6.07) is 2.66. The molecule has 1 fully saturated rings. The summed E-state index contributed by atoms with van der Waals surface area (Å²) in [5, 5.41) is -0.412. The van der Waals surface area contributed by atoms with Crippen LogP contribution in [-0.4, -0.2) is 6.54 Å². The Balaban J connectivity index is 2.32. The van der Waals surface area contributed by atoms with Crippen molar-refractivity contribution in [3.05, 3.63) is 34.4 Å². The second-order valence-corrected chi connectivity index (χ2v) is 3.98. The SMILES string of the molecule is NCC1CC1c1ccc(F)c(Cl)c1F. The molecule has 0 bridgehead atoms. The fourth-order valence-electron chi connectivity index (χ4n) is 1.72. The maximum atomic E-state index is 13.5. The fourth-order valence-corrected chi connectivity index (χ4v) is 1.89. The summed E-state index contributed by atoms with van der Waals surface area (Å²) >= 11 is 5.46. The third kappa shape index (κ3) is 1.51. The predicted octanol–water partition coefficient (Wildman–Crippen LogP) is 2.68. The second-order valence-electron chi connectivity index (χ2n) is 3.60. The van der Waals surface area contributed by atoms with E-state index in [1.807, 2.05) is 0 Å². The molecule has 76 valence electrons. The topological polar surface area (TPSA) is 26.0 Å². The summed E-state index contributed by atoms with van der Waals surface area (Å²) in [7, 11) is 0. The van der Waals surface area contributed by atoms with Crippen molar-refractivity contribution in [2.75, 3.05) is 6.54 Å². The van der Waals surface area contributed by atoms with E-state index in [4.69, 9.17) is 17.3 Å². The molecule has 1 aliphatic rings. The number of benzene rings is 1. The minimum atomic E-state index is -0.710. The minimum Gasteiger partial charge on any atom is -0.330 e. The summed E-state index contributed by atoms with van der Waals surface area (Å²) in [4.78, 5) is 0. The van der Waals surface area contributed by atoms with Gasteiger partial charge in [0.05, 0.1) is 0 Å². The van der Waals surface area contributed by atoms with Crippen LogP contribution in [0.3, 0.4) is 0 Å². The van der Waals surface area contributed by atoms with E-state index in [1.165, 1.54) is 12.1 Å². The van der Waals surface area contributed by atoms with E-state index in [-0.39, 0.29) is 5.92 Å². The van der Waals surface area contributed by atoms with Crippen molar-refractivity contribution >= 4 is 11.6 Å². The first-order valence-electron chi connectivity index (χ1n) is 4.48. The first kappa shape index (κ1) is 9.87. The molecule has 0 amide bonds. The zero-order valence-corrected chi connectivity index (χ0v) is 8.19. The average molecular weight is 218 g/mol. The third-order valence-electron chi connectivity index (χ3n) is 2.69. The summed E-state index contributed by atoms with van der Waals surface area (Å²) in [5.41, 5.74) is 5.94. The van der Waals surface area contributed by atoms with Crippen molar-refractivity contribution in [2.45, 2.75) is 12.3 Å². The lowest BCUT2D eigenvalue weighted by molar-refractivity contribution is 0.571.